The van der Waals surface area contributed by atoms with Crippen molar-refractivity contribution in [2.45, 2.75) is 26.2 Å². The van der Waals surface area contributed by atoms with E-state index in [4.69, 9.17) is 4.74 Å². The minimum absolute atomic E-state index is 0. The summed E-state index contributed by atoms with van der Waals surface area (Å²) in [6.07, 6.45) is 5.34. The number of unbranched alkanes of at least 4 members (excludes halogenated alkanes) is 1. The van der Waals surface area contributed by atoms with Crippen LogP contribution in [0.25, 0.3) is 0 Å². The number of guanidine groups is 1. The van der Waals surface area contributed by atoms with Crippen LogP contribution >= 0.6 is 35.7 Å². The lowest BCUT2D eigenvalue weighted by Gasteiger charge is -2.11. The molecule has 0 radical (unpaired) electrons. The van der Waals surface area contributed by atoms with Gasteiger partial charge in [-0.15, -0.1) is 24.0 Å². The van der Waals surface area contributed by atoms with Crippen molar-refractivity contribution in [3.05, 3.63) is 29.8 Å². The van der Waals surface area contributed by atoms with Crippen LogP contribution in [-0.4, -0.2) is 44.7 Å². The number of aliphatic imine (C=N–C) groups is 1. The van der Waals surface area contributed by atoms with Crippen molar-refractivity contribution in [1.29, 1.82) is 0 Å². The molecule has 4 nitrogen and oxygen atoms in total. The maximum absolute atomic E-state index is 5.67. The summed E-state index contributed by atoms with van der Waals surface area (Å²) in [6.45, 7) is 4.78. The number of thioether (sulfide) groups is 1. The van der Waals surface area contributed by atoms with Crippen LogP contribution in [0.4, 0.5) is 0 Å². The molecule has 0 heterocycles. The average Bonchev–Trinajstić information content (AvgIpc) is 2.55. The maximum atomic E-state index is 5.67. The smallest absolute Gasteiger partial charge is 0.191 e. The molecule has 0 aliphatic carbocycles. The molecule has 0 fully saturated rings. The summed E-state index contributed by atoms with van der Waals surface area (Å²) >= 11 is 1.83. The zero-order valence-corrected chi connectivity index (χ0v) is 17.6. The molecular weight excluding hydrogens is 421 g/mol. The molecule has 6 heteroatoms. The van der Waals surface area contributed by atoms with Gasteiger partial charge < -0.3 is 15.4 Å². The van der Waals surface area contributed by atoms with Crippen molar-refractivity contribution in [2.24, 2.45) is 4.99 Å². The second kappa shape index (κ2) is 14.9. The number of rotatable bonds is 10. The zero-order chi connectivity index (χ0) is 16.0. The van der Waals surface area contributed by atoms with Gasteiger partial charge in [-0.05, 0) is 36.8 Å². The van der Waals surface area contributed by atoms with Crippen LogP contribution in [0.15, 0.2) is 29.3 Å². The standard InChI is InChI=1S/C17H29N3OS.HI/c1-4-5-13-21-16-8-6-15(7-9-16)10-11-19-17(18-2)20-12-14-22-3;/h6-9H,4-5,10-14H2,1-3H3,(H2,18,19,20);1H. The molecule has 0 aliphatic rings. The van der Waals surface area contributed by atoms with Crippen molar-refractivity contribution >= 4 is 41.7 Å². The largest absolute Gasteiger partial charge is 0.494 e. The lowest BCUT2D eigenvalue weighted by molar-refractivity contribution is 0.309. The van der Waals surface area contributed by atoms with Gasteiger partial charge in [-0.3, -0.25) is 4.99 Å². The Morgan fingerprint density at radius 2 is 1.87 bits per heavy atom. The summed E-state index contributed by atoms with van der Waals surface area (Å²) in [6, 6.07) is 8.37. The van der Waals surface area contributed by atoms with E-state index in [1.54, 1.807) is 7.05 Å². The van der Waals surface area contributed by atoms with Crippen molar-refractivity contribution in [2.75, 3.05) is 38.8 Å². The van der Waals surface area contributed by atoms with Gasteiger partial charge in [0.15, 0.2) is 5.96 Å². The van der Waals surface area contributed by atoms with Crippen molar-refractivity contribution in [3.63, 3.8) is 0 Å². The van der Waals surface area contributed by atoms with Crippen molar-refractivity contribution in [1.82, 2.24) is 10.6 Å². The highest BCUT2D eigenvalue weighted by molar-refractivity contribution is 14.0. The fourth-order valence-corrected chi connectivity index (χ4v) is 2.21. The second-order valence-corrected chi connectivity index (χ2v) is 6.00. The molecule has 0 aromatic heterocycles. The lowest BCUT2D eigenvalue weighted by atomic mass is 10.1. The van der Waals surface area contributed by atoms with Gasteiger partial charge in [-0.25, -0.2) is 0 Å². The molecule has 0 bridgehead atoms. The summed E-state index contributed by atoms with van der Waals surface area (Å²) in [5.41, 5.74) is 1.30. The molecule has 0 unspecified atom stereocenters. The Labute approximate surface area is 162 Å². The molecule has 0 atom stereocenters. The molecule has 0 amide bonds. The number of nitrogens with zero attached hydrogens (tertiary/aromatic N) is 1. The number of ether oxygens (including phenoxy) is 1. The highest BCUT2D eigenvalue weighted by Crippen LogP contribution is 2.12. The Balaban J connectivity index is 0.00000484. The molecule has 1 aromatic carbocycles. The molecule has 0 aliphatic heterocycles. The average molecular weight is 451 g/mol. The monoisotopic (exact) mass is 451 g/mol. The van der Waals surface area contributed by atoms with Crippen LogP contribution in [-0.2, 0) is 6.42 Å². The van der Waals surface area contributed by atoms with Gasteiger partial charge in [0.2, 0.25) is 0 Å². The molecule has 1 rings (SSSR count). The van der Waals surface area contributed by atoms with Crippen LogP contribution in [0.1, 0.15) is 25.3 Å². The van der Waals surface area contributed by atoms with Gasteiger partial charge >= 0.3 is 0 Å². The van der Waals surface area contributed by atoms with Gasteiger partial charge in [-0.1, -0.05) is 25.5 Å². The molecule has 1 aromatic rings. The quantitative estimate of drug-likeness (QED) is 0.247. The van der Waals surface area contributed by atoms with Gasteiger partial charge in [0, 0.05) is 25.9 Å². The first kappa shape index (κ1) is 22.4. The summed E-state index contributed by atoms with van der Waals surface area (Å²) in [7, 11) is 1.80. The van der Waals surface area contributed by atoms with Crippen LogP contribution in [0.3, 0.4) is 0 Å². The molecule has 0 saturated heterocycles. The Hall–Kier alpha value is -0.630. The number of nitrogens with one attached hydrogen (secondary N) is 2. The molecular formula is C17H30IN3OS. The van der Waals surface area contributed by atoms with Crippen molar-refractivity contribution < 1.29 is 4.74 Å². The topological polar surface area (TPSA) is 45.6 Å². The highest BCUT2D eigenvalue weighted by Gasteiger charge is 1.99. The van der Waals surface area contributed by atoms with E-state index in [0.29, 0.717) is 0 Å². The SMILES string of the molecule is CCCCOc1ccc(CCNC(=NC)NCCSC)cc1.I. The van der Waals surface area contributed by atoms with E-state index < -0.39 is 0 Å². The first-order valence-electron chi connectivity index (χ1n) is 7.95. The number of hydrogen-bond acceptors (Lipinski definition) is 3. The van der Waals surface area contributed by atoms with E-state index in [0.717, 1.165) is 56.4 Å². The van der Waals surface area contributed by atoms with Gasteiger partial charge in [0.25, 0.3) is 0 Å². The summed E-state index contributed by atoms with van der Waals surface area (Å²) in [5.74, 6) is 2.91. The highest BCUT2D eigenvalue weighted by atomic mass is 127. The van der Waals surface area contributed by atoms with Gasteiger partial charge in [-0.2, -0.15) is 11.8 Å². The third kappa shape index (κ3) is 10.7. The second-order valence-electron chi connectivity index (χ2n) is 5.01. The Morgan fingerprint density at radius 3 is 2.48 bits per heavy atom. The molecule has 0 spiro atoms. The lowest BCUT2D eigenvalue weighted by Crippen LogP contribution is -2.39. The zero-order valence-electron chi connectivity index (χ0n) is 14.4. The Kier molecular flexibility index (Phi) is 14.5. The van der Waals surface area contributed by atoms with Gasteiger partial charge in [0.05, 0.1) is 6.61 Å². The normalized spacial score (nSPS) is 10.8. The predicted octanol–water partition coefficient (Wildman–Crippen LogP) is 3.55. The van der Waals surface area contributed by atoms with Crippen molar-refractivity contribution in [3.8, 4) is 5.75 Å². The first-order valence-corrected chi connectivity index (χ1v) is 9.34. The predicted molar refractivity (Wildman–Crippen MR) is 114 cm³/mol. The van der Waals surface area contributed by atoms with Crippen LogP contribution in [0, 0.1) is 0 Å². The minimum atomic E-state index is 0. The third-order valence-electron chi connectivity index (χ3n) is 3.22. The van der Waals surface area contributed by atoms with E-state index in [-0.39, 0.29) is 24.0 Å². The number of benzene rings is 1. The van der Waals surface area contributed by atoms with E-state index in [1.807, 2.05) is 11.8 Å². The third-order valence-corrected chi connectivity index (χ3v) is 3.83. The van der Waals surface area contributed by atoms with E-state index in [9.17, 15) is 0 Å². The van der Waals surface area contributed by atoms with Crippen LogP contribution in [0.5, 0.6) is 5.75 Å². The summed E-state index contributed by atoms with van der Waals surface area (Å²) in [5, 5.41) is 6.62. The molecule has 0 saturated carbocycles. The molecule has 132 valence electrons. The van der Waals surface area contributed by atoms with Gasteiger partial charge in [0.1, 0.15) is 5.75 Å². The molecule has 2 N–H and O–H groups in total. The van der Waals surface area contributed by atoms with E-state index in [2.05, 4.69) is 53.1 Å². The fraction of sp³-hybridized carbons (Fsp3) is 0.588. The minimum Gasteiger partial charge on any atom is -0.494 e. The molecule has 23 heavy (non-hydrogen) atoms. The van der Waals surface area contributed by atoms with E-state index >= 15 is 0 Å². The van der Waals surface area contributed by atoms with E-state index in [1.165, 1.54) is 5.56 Å². The number of halogens is 1. The maximum Gasteiger partial charge on any atom is 0.191 e. The number of hydrogen-bond donors (Lipinski definition) is 2. The first-order chi connectivity index (χ1) is 10.8. The Morgan fingerprint density at radius 1 is 1.17 bits per heavy atom. The van der Waals surface area contributed by atoms with Crippen LogP contribution in [0.2, 0.25) is 0 Å². The summed E-state index contributed by atoms with van der Waals surface area (Å²) in [4.78, 5) is 4.21. The van der Waals surface area contributed by atoms with Crippen LogP contribution < -0.4 is 15.4 Å². The fourth-order valence-electron chi connectivity index (χ4n) is 1.90. The Bertz CT molecular complexity index is 426. The summed E-state index contributed by atoms with van der Waals surface area (Å²) < 4.78 is 5.67.